The van der Waals surface area contributed by atoms with Crippen LogP contribution in [0.1, 0.15) is 16.3 Å². The fraction of sp³-hybridized carbons (Fsp3) is 0.143. The Morgan fingerprint density at radius 2 is 1.93 bits per heavy atom. The summed E-state index contributed by atoms with van der Waals surface area (Å²) in [5.41, 5.74) is 2.71. The molecule has 0 unspecified atom stereocenters. The number of thioether (sulfide) groups is 1. The average Bonchev–Trinajstić information content (AvgIpc) is 3.28. The predicted molar refractivity (Wildman–Crippen MR) is 127 cm³/mol. The molecule has 4 aromatic heterocycles. The van der Waals surface area contributed by atoms with Gasteiger partial charge in [0.15, 0.2) is 0 Å². The first-order chi connectivity index (χ1) is 14.5. The smallest absolute Gasteiger partial charge is 0.260 e. The van der Waals surface area contributed by atoms with Crippen LogP contribution in [0.2, 0.25) is 5.02 Å². The molecule has 30 heavy (non-hydrogen) atoms. The van der Waals surface area contributed by atoms with Crippen LogP contribution in [0.15, 0.2) is 45.8 Å². The Bertz CT molecular complexity index is 1470. The van der Waals surface area contributed by atoms with Crippen molar-refractivity contribution in [2.75, 3.05) is 0 Å². The van der Waals surface area contributed by atoms with Gasteiger partial charge in [0.25, 0.3) is 5.56 Å². The number of thiophene rings is 2. The van der Waals surface area contributed by atoms with Gasteiger partial charge < -0.3 is 4.98 Å². The number of halogens is 1. The maximum absolute atomic E-state index is 12.9. The molecule has 0 spiro atoms. The second-order valence-corrected chi connectivity index (χ2v) is 10.2. The van der Waals surface area contributed by atoms with Gasteiger partial charge in [0.05, 0.1) is 11.1 Å². The monoisotopic (exact) mass is 470 g/mol. The minimum atomic E-state index is -0.151. The minimum absolute atomic E-state index is 0.151. The maximum Gasteiger partial charge on any atom is 0.260 e. The lowest BCUT2D eigenvalue weighted by molar-refractivity contribution is 1.04. The number of nitrogens with one attached hydrogen (secondary N) is 1. The second kappa shape index (κ2) is 7.77. The van der Waals surface area contributed by atoms with Crippen molar-refractivity contribution >= 4 is 66.5 Å². The molecular formula is C21H15ClN4OS3. The molecule has 0 amide bonds. The van der Waals surface area contributed by atoms with Crippen molar-refractivity contribution < 1.29 is 0 Å². The molecule has 1 aromatic carbocycles. The molecule has 0 radical (unpaired) electrons. The number of benzene rings is 1. The van der Waals surface area contributed by atoms with Crippen LogP contribution in [-0.4, -0.2) is 19.9 Å². The first kappa shape index (κ1) is 19.7. The number of fused-ring (bicyclic) bond motifs is 2. The van der Waals surface area contributed by atoms with Crippen molar-refractivity contribution in [3.05, 3.63) is 67.6 Å². The zero-order valence-corrected chi connectivity index (χ0v) is 19.2. The van der Waals surface area contributed by atoms with Crippen LogP contribution in [0.25, 0.3) is 31.6 Å². The molecule has 1 N–H and O–H groups in total. The molecule has 0 saturated carbocycles. The lowest BCUT2D eigenvalue weighted by Gasteiger charge is -2.05. The number of hydrogen-bond donors (Lipinski definition) is 1. The highest BCUT2D eigenvalue weighted by Gasteiger charge is 2.16. The quantitative estimate of drug-likeness (QED) is 0.249. The Kier molecular flexibility index (Phi) is 5.10. The summed E-state index contributed by atoms with van der Waals surface area (Å²) in [4.78, 5) is 32.3. The molecule has 150 valence electrons. The fourth-order valence-corrected chi connectivity index (χ4v) is 6.52. The third-order valence-corrected chi connectivity index (χ3v) is 8.25. The second-order valence-electron chi connectivity index (χ2n) is 6.75. The van der Waals surface area contributed by atoms with E-state index in [1.54, 1.807) is 29.4 Å². The van der Waals surface area contributed by atoms with Crippen LogP contribution in [0.5, 0.6) is 0 Å². The van der Waals surface area contributed by atoms with Crippen LogP contribution < -0.4 is 5.56 Å². The van der Waals surface area contributed by atoms with Gasteiger partial charge >= 0.3 is 0 Å². The Morgan fingerprint density at radius 3 is 2.77 bits per heavy atom. The minimum Gasteiger partial charge on any atom is -0.309 e. The molecule has 0 aliphatic heterocycles. The molecule has 0 atom stereocenters. The van der Waals surface area contributed by atoms with Gasteiger partial charge in [-0.25, -0.2) is 15.0 Å². The van der Waals surface area contributed by atoms with Gasteiger partial charge in [0.1, 0.15) is 26.8 Å². The highest BCUT2D eigenvalue weighted by atomic mass is 35.5. The molecule has 4 heterocycles. The van der Waals surface area contributed by atoms with Gasteiger partial charge in [-0.2, -0.15) is 0 Å². The molecule has 5 nitrogen and oxygen atoms in total. The van der Waals surface area contributed by atoms with E-state index in [2.05, 4.69) is 28.8 Å². The summed E-state index contributed by atoms with van der Waals surface area (Å²) < 4.78 is 0. The van der Waals surface area contributed by atoms with E-state index >= 15 is 0 Å². The molecular weight excluding hydrogens is 456 g/mol. The van der Waals surface area contributed by atoms with E-state index in [4.69, 9.17) is 16.6 Å². The number of hydrogen-bond acceptors (Lipinski definition) is 7. The Balaban J connectivity index is 1.50. The maximum atomic E-state index is 12.9. The number of aromatic amines is 1. The van der Waals surface area contributed by atoms with Gasteiger partial charge in [0, 0.05) is 31.8 Å². The zero-order chi connectivity index (χ0) is 20.8. The normalized spacial score (nSPS) is 11.6. The predicted octanol–water partition coefficient (Wildman–Crippen LogP) is 6.22. The van der Waals surface area contributed by atoms with Crippen LogP contribution in [-0.2, 0) is 5.75 Å². The summed E-state index contributed by atoms with van der Waals surface area (Å²) in [7, 11) is 0. The van der Waals surface area contributed by atoms with Gasteiger partial charge in [-0.15, -0.1) is 22.7 Å². The van der Waals surface area contributed by atoms with Crippen LogP contribution in [0.4, 0.5) is 0 Å². The largest absolute Gasteiger partial charge is 0.309 e. The standard InChI is InChI=1S/C21H15ClN4OS3/c1-10-11(2)30-20-16(10)19(23-9-24-20)29-8-15-25-18(27)17-13(7-28-21(17)26-15)12-5-3-4-6-14(12)22/h3-7,9H,8H2,1-2H3,(H,25,26,27). The van der Waals surface area contributed by atoms with Gasteiger partial charge in [-0.05, 0) is 25.5 Å². The third-order valence-electron chi connectivity index (χ3n) is 4.93. The van der Waals surface area contributed by atoms with Gasteiger partial charge in [0.2, 0.25) is 0 Å². The van der Waals surface area contributed by atoms with Crippen molar-refractivity contribution in [1.29, 1.82) is 0 Å². The Labute approximate surface area is 189 Å². The van der Waals surface area contributed by atoms with E-state index < -0.39 is 0 Å². The summed E-state index contributed by atoms with van der Waals surface area (Å²) in [5, 5.41) is 5.13. The van der Waals surface area contributed by atoms with Crippen molar-refractivity contribution in [2.45, 2.75) is 24.6 Å². The molecule has 5 aromatic rings. The summed E-state index contributed by atoms with van der Waals surface area (Å²) in [6, 6.07) is 7.52. The number of rotatable bonds is 4. The zero-order valence-electron chi connectivity index (χ0n) is 16.0. The van der Waals surface area contributed by atoms with E-state index in [0.717, 1.165) is 26.4 Å². The lowest BCUT2D eigenvalue weighted by Crippen LogP contribution is -2.10. The molecule has 0 bridgehead atoms. The summed E-state index contributed by atoms with van der Waals surface area (Å²) in [6.45, 7) is 4.19. The number of aryl methyl sites for hydroxylation is 2. The summed E-state index contributed by atoms with van der Waals surface area (Å²) in [5.74, 6) is 1.15. The molecule has 0 aliphatic rings. The molecule has 0 saturated heterocycles. The van der Waals surface area contributed by atoms with Crippen molar-refractivity contribution in [2.24, 2.45) is 0 Å². The highest BCUT2D eigenvalue weighted by Crippen LogP contribution is 2.37. The van der Waals surface area contributed by atoms with E-state index in [1.807, 2.05) is 29.6 Å². The van der Waals surface area contributed by atoms with E-state index in [-0.39, 0.29) is 5.56 Å². The van der Waals surface area contributed by atoms with Crippen LogP contribution >= 0.6 is 46.0 Å². The SMILES string of the molecule is Cc1sc2ncnc(SCc3nc4scc(-c5ccccc5Cl)c4c(=O)[nH]3)c2c1C. The van der Waals surface area contributed by atoms with E-state index in [9.17, 15) is 4.79 Å². The van der Waals surface area contributed by atoms with Crippen molar-refractivity contribution in [3.8, 4) is 11.1 Å². The number of H-pyrrole nitrogens is 1. The van der Waals surface area contributed by atoms with Crippen LogP contribution in [0.3, 0.4) is 0 Å². The van der Waals surface area contributed by atoms with Crippen LogP contribution in [0, 0.1) is 13.8 Å². The fourth-order valence-electron chi connectivity index (χ4n) is 3.34. The molecule has 0 aliphatic carbocycles. The summed E-state index contributed by atoms with van der Waals surface area (Å²) in [6.07, 6.45) is 1.59. The molecule has 9 heteroatoms. The van der Waals surface area contributed by atoms with E-state index in [0.29, 0.717) is 26.8 Å². The Hall–Kier alpha value is -2.26. The number of nitrogens with zero attached hydrogens (tertiary/aromatic N) is 3. The van der Waals surface area contributed by atoms with Gasteiger partial charge in [-0.3, -0.25) is 4.79 Å². The summed E-state index contributed by atoms with van der Waals surface area (Å²) >= 11 is 11.0. The first-order valence-corrected chi connectivity index (χ1v) is 12.2. The third kappa shape index (κ3) is 3.33. The topological polar surface area (TPSA) is 71.5 Å². The number of aromatic nitrogens is 4. The lowest BCUT2D eigenvalue weighted by atomic mass is 10.1. The first-order valence-electron chi connectivity index (χ1n) is 9.11. The molecule has 5 rings (SSSR count). The van der Waals surface area contributed by atoms with E-state index in [1.165, 1.54) is 21.8 Å². The Morgan fingerprint density at radius 1 is 1.10 bits per heavy atom. The highest BCUT2D eigenvalue weighted by molar-refractivity contribution is 7.98. The van der Waals surface area contributed by atoms with Crippen molar-refractivity contribution in [3.63, 3.8) is 0 Å². The molecule has 0 fully saturated rings. The average molecular weight is 471 g/mol. The van der Waals surface area contributed by atoms with Gasteiger partial charge in [-0.1, -0.05) is 41.6 Å². The van der Waals surface area contributed by atoms with Crippen molar-refractivity contribution in [1.82, 2.24) is 19.9 Å².